The number of carbonyl (C=O) groups is 1. The Hall–Kier alpha value is -2.28. The third kappa shape index (κ3) is 2.69. The molecule has 0 aromatic heterocycles. The summed E-state index contributed by atoms with van der Waals surface area (Å²) in [6.45, 7) is 3.76. The third-order valence-electron chi connectivity index (χ3n) is 2.43. The maximum Gasteiger partial charge on any atom is 0.338 e. The Bertz CT molecular complexity index is 512. The summed E-state index contributed by atoms with van der Waals surface area (Å²) >= 11 is 0. The van der Waals surface area contributed by atoms with Gasteiger partial charge in [0.2, 0.25) is 0 Å². The Morgan fingerprint density at radius 1 is 1.50 bits per heavy atom. The molecular formula is C14H15NO3. The van der Waals surface area contributed by atoms with Crippen LogP contribution < -0.4 is 4.74 Å². The molecule has 0 spiro atoms. The summed E-state index contributed by atoms with van der Waals surface area (Å²) in [5.41, 5.74) is 1.23. The topological polar surface area (TPSA) is 59.3 Å². The van der Waals surface area contributed by atoms with E-state index in [9.17, 15) is 10.1 Å². The summed E-state index contributed by atoms with van der Waals surface area (Å²) < 4.78 is 10.1. The fraction of sp³-hybridized carbons (Fsp3) is 0.286. The molecule has 1 rings (SSSR count). The van der Waals surface area contributed by atoms with Crippen LogP contribution in [0.3, 0.4) is 0 Å². The van der Waals surface area contributed by atoms with E-state index in [0.29, 0.717) is 29.1 Å². The van der Waals surface area contributed by atoms with Crippen molar-refractivity contribution in [1.82, 2.24) is 0 Å². The minimum Gasteiger partial charge on any atom is -0.495 e. The highest BCUT2D eigenvalue weighted by atomic mass is 16.5. The zero-order valence-corrected chi connectivity index (χ0v) is 10.7. The number of nitrogens with zero attached hydrogens (tertiary/aromatic N) is 1. The van der Waals surface area contributed by atoms with Gasteiger partial charge in [0.15, 0.2) is 0 Å². The number of allylic oxidation sites excluding steroid dienone is 1. The van der Waals surface area contributed by atoms with Crippen molar-refractivity contribution in [1.29, 1.82) is 5.26 Å². The predicted molar refractivity (Wildman–Crippen MR) is 68.0 cm³/mol. The summed E-state index contributed by atoms with van der Waals surface area (Å²) in [5.74, 6) is 0.00315. The molecule has 0 N–H and O–H groups in total. The van der Waals surface area contributed by atoms with Gasteiger partial charge in [-0.15, -0.1) is 0 Å². The highest BCUT2D eigenvalue weighted by Crippen LogP contribution is 2.27. The molecule has 0 aliphatic heterocycles. The minimum atomic E-state index is -0.440. The molecule has 0 saturated heterocycles. The van der Waals surface area contributed by atoms with Crippen LogP contribution in [0.2, 0.25) is 0 Å². The average Bonchev–Trinajstić information content (AvgIpc) is 2.39. The molecule has 4 nitrogen and oxygen atoms in total. The number of esters is 1. The number of rotatable bonds is 4. The van der Waals surface area contributed by atoms with Crippen LogP contribution in [0.5, 0.6) is 5.75 Å². The number of methoxy groups -OCH3 is 1. The molecule has 0 atom stereocenters. The zero-order valence-electron chi connectivity index (χ0n) is 10.7. The Kier molecular flexibility index (Phi) is 4.94. The lowest BCUT2D eigenvalue weighted by Crippen LogP contribution is -2.08. The first kappa shape index (κ1) is 13.8. The molecule has 1 aromatic carbocycles. The second-order valence-electron chi connectivity index (χ2n) is 3.42. The van der Waals surface area contributed by atoms with E-state index < -0.39 is 5.97 Å². The summed E-state index contributed by atoms with van der Waals surface area (Å²) in [7, 11) is 1.49. The van der Waals surface area contributed by atoms with E-state index in [4.69, 9.17) is 9.47 Å². The molecular weight excluding hydrogens is 230 g/mol. The van der Waals surface area contributed by atoms with Gasteiger partial charge < -0.3 is 9.47 Å². The highest BCUT2D eigenvalue weighted by Gasteiger charge is 2.18. The second kappa shape index (κ2) is 6.45. The van der Waals surface area contributed by atoms with Gasteiger partial charge in [0.25, 0.3) is 0 Å². The van der Waals surface area contributed by atoms with Gasteiger partial charge in [-0.25, -0.2) is 4.79 Å². The van der Waals surface area contributed by atoms with Crippen molar-refractivity contribution in [2.45, 2.75) is 13.8 Å². The standard InChI is InChI=1S/C14H15NO3/c1-4-10(14(16)18-5-2)11-7-6-8-13(17-3)12(11)9-15/h4,6-8H,5H2,1-3H3/b10-4+. The van der Waals surface area contributed by atoms with Gasteiger partial charge in [0.1, 0.15) is 17.4 Å². The van der Waals surface area contributed by atoms with Gasteiger partial charge in [0, 0.05) is 5.56 Å². The van der Waals surface area contributed by atoms with Crippen LogP contribution in [0.4, 0.5) is 0 Å². The monoisotopic (exact) mass is 245 g/mol. The van der Waals surface area contributed by atoms with Crippen molar-refractivity contribution in [2.24, 2.45) is 0 Å². The van der Waals surface area contributed by atoms with E-state index >= 15 is 0 Å². The van der Waals surface area contributed by atoms with Crippen LogP contribution in [-0.2, 0) is 9.53 Å². The van der Waals surface area contributed by atoms with Crippen LogP contribution in [-0.4, -0.2) is 19.7 Å². The quantitative estimate of drug-likeness (QED) is 0.604. The average molecular weight is 245 g/mol. The van der Waals surface area contributed by atoms with E-state index in [0.717, 1.165) is 0 Å². The van der Waals surface area contributed by atoms with Crippen LogP contribution in [0.15, 0.2) is 24.3 Å². The van der Waals surface area contributed by atoms with Crippen LogP contribution in [0.25, 0.3) is 5.57 Å². The largest absolute Gasteiger partial charge is 0.495 e. The van der Waals surface area contributed by atoms with E-state index in [-0.39, 0.29) is 0 Å². The normalized spacial score (nSPS) is 10.7. The van der Waals surface area contributed by atoms with Crippen molar-refractivity contribution in [3.63, 3.8) is 0 Å². The molecule has 0 fully saturated rings. The van der Waals surface area contributed by atoms with Crippen molar-refractivity contribution in [3.8, 4) is 11.8 Å². The molecule has 0 radical (unpaired) electrons. The van der Waals surface area contributed by atoms with Gasteiger partial charge in [-0.05, 0) is 19.9 Å². The number of nitriles is 1. The van der Waals surface area contributed by atoms with Gasteiger partial charge in [-0.2, -0.15) is 5.26 Å². The molecule has 0 saturated carbocycles. The SMILES string of the molecule is C/C=C(/C(=O)OCC)c1cccc(OC)c1C#N. The van der Waals surface area contributed by atoms with E-state index in [1.54, 1.807) is 38.1 Å². The van der Waals surface area contributed by atoms with Gasteiger partial charge in [0.05, 0.1) is 19.3 Å². The molecule has 0 unspecified atom stereocenters. The maximum absolute atomic E-state index is 11.8. The van der Waals surface area contributed by atoms with Crippen molar-refractivity contribution >= 4 is 11.5 Å². The molecule has 0 amide bonds. The summed E-state index contributed by atoms with van der Waals surface area (Å²) in [6, 6.07) is 7.17. The van der Waals surface area contributed by atoms with E-state index in [2.05, 4.69) is 6.07 Å². The smallest absolute Gasteiger partial charge is 0.338 e. The number of hydrogen-bond acceptors (Lipinski definition) is 4. The molecule has 18 heavy (non-hydrogen) atoms. The second-order valence-corrected chi connectivity index (χ2v) is 3.42. The van der Waals surface area contributed by atoms with Crippen LogP contribution in [0, 0.1) is 11.3 Å². The Labute approximate surface area is 106 Å². The van der Waals surface area contributed by atoms with Crippen LogP contribution >= 0.6 is 0 Å². The number of ether oxygens (including phenoxy) is 2. The predicted octanol–water partition coefficient (Wildman–Crippen LogP) is 2.53. The summed E-state index contributed by atoms with van der Waals surface area (Å²) in [6.07, 6.45) is 1.63. The summed E-state index contributed by atoms with van der Waals surface area (Å²) in [4.78, 5) is 11.8. The Morgan fingerprint density at radius 3 is 2.72 bits per heavy atom. The molecule has 0 aliphatic carbocycles. The summed E-state index contributed by atoms with van der Waals surface area (Å²) in [5, 5.41) is 9.18. The zero-order chi connectivity index (χ0) is 13.5. The lowest BCUT2D eigenvalue weighted by Gasteiger charge is -2.10. The van der Waals surface area contributed by atoms with Crippen LogP contribution in [0.1, 0.15) is 25.0 Å². The third-order valence-corrected chi connectivity index (χ3v) is 2.43. The maximum atomic E-state index is 11.8. The minimum absolute atomic E-state index is 0.294. The molecule has 0 bridgehead atoms. The van der Waals surface area contributed by atoms with E-state index in [1.807, 2.05) is 0 Å². The molecule has 4 heteroatoms. The van der Waals surface area contributed by atoms with Gasteiger partial charge in [-0.1, -0.05) is 18.2 Å². The lowest BCUT2D eigenvalue weighted by molar-refractivity contribution is -0.136. The van der Waals surface area contributed by atoms with Crippen molar-refractivity contribution in [2.75, 3.05) is 13.7 Å². The lowest BCUT2D eigenvalue weighted by atomic mass is 9.99. The fourth-order valence-electron chi connectivity index (χ4n) is 1.63. The van der Waals surface area contributed by atoms with Gasteiger partial charge >= 0.3 is 5.97 Å². The van der Waals surface area contributed by atoms with Gasteiger partial charge in [-0.3, -0.25) is 0 Å². The molecule has 94 valence electrons. The first-order valence-corrected chi connectivity index (χ1v) is 5.60. The Balaban J connectivity index is 3.32. The fourth-order valence-corrected chi connectivity index (χ4v) is 1.63. The number of carbonyl (C=O) groups excluding carboxylic acids is 1. The molecule has 0 heterocycles. The van der Waals surface area contributed by atoms with Crippen molar-refractivity contribution < 1.29 is 14.3 Å². The molecule has 0 aliphatic rings. The first-order valence-electron chi connectivity index (χ1n) is 5.60. The Morgan fingerprint density at radius 2 is 2.22 bits per heavy atom. The number of hydrogen-bond donors (Lipinski definition) is 0. The highest BCUT2D eigenvalue weighted by molar-refractivity contribution is 6.17. The first-order chi connectivity index (χ1) is 8.69. The number of benzene rings is 1. The van der Waals surface area contributed by atoms with Crippen molar-refractivity contribution in [3.05, 3.63) is 35.4 Å². The molecule has 1 aromatic rings. The van der Waals surface area contributed by atoms with E-state index in [1.165, 1.54) is 7.11 Å².